The lowest BCUT2D eigenvalue weighted by atomic mass is 9.68. The van der Waals surface area contributed by atoms with E-state index >= 15 is 0 Å². The number of fused-ring (bicyclic) bond motifs is 1. The fourth-order valence-corrected chi connectivity index (χ4v) is 5.31. The number of benzene rings is 1. The minimum absolute atomic E-state index is 0.0194. The molecule has 8 heteroatoms. The Bertz CT molecular complexity index is 994. The molecule has 170 valence electrons. The average Bonchev–Trinajstić information content (AvgIpc) is 3.13. The Labute approximate surface area is 180 Å². The number of imidazole rings is 1. The summed E-state index contributed by atoms with van der Waals surface area (Å²) in [5.74, 6) is 0. The van der Waals surface area contributed by atoms with Gasteiger partial charge in [0.25, 0.3) is 0 Å². The van der Waals surface area contributed by atoms with Crippen molar-refractivity contribution in [3.63, 3.8) is 0 Å². The first kappa shape index (κ1) is 22.0. The van der Waals surface area contributed by atoms with Gasteiger partial charge in [0.05, 0.1) is 29.5 Å². The van der Waals surface area contributed by atoms with Crippen molar-refractivity contribution in [3.05, 3.63) is 30.1 Å². The zero-order valence-electron chi connectivity index (χ0n) is 18.6. The van der Waals surface area contributed by atoms with E-state index in [4.69, 9.17) is 4.74 Å². The second kappa shape index (κ2) is 7.14. The van der Waals surface area contributed by atoms with Crippen LogP contribution in [0.4, 0.5) is 18.0 Å². The van der Waals surface area contributed by atoms with E-state index < -0.39 is 17.3 Å². The number of alkyl halides is 3. The highest BCUT2D eigenvalue weighted by Gasteiger charge is 2.51. The predicted molar refractivity (Wildman–Crippen MR) is 112 cm³/mol. The number of amides is 1. The van der Waals surface area contributed by atoms with Crippen molar-refractivity contribution in [1.82, 2.24) is 14.5 Å². The van der Waals surface area contributed by atoms with E-state index in [1.807, 2.05) is 4.57 Å². The second-order valence-corrected chi connectivity index (χ2v) is 10.9. The van der Waals surface area contributed by atoms with E-state index in [0.717, 1.165) is 25.3 Å². The fraction of sp³-hybridized carbons (Fsp3) is 0.652. The number of aromatic nitrogens is 2. The highest BCUT2D eigenvalue weighted by atomic mass is 19.4. The van der Waals surface area contributed by atoms with Crippen molar-refractivity contribution >= 4 is 17.1 Å². The lowest BCUT2D eigenvalue weighted by Gasteiger charge is -2.43. The van der Waals surface area contributed by atoms with Crippen LogP contribution >= 0.6 is 0 Å². The number of ether oxygens (including phenoxy) is 1. The van der Waals surface area contributed by atoms with Crippen LogP contribution < -0.4 is 0 Å². The molecule has 1 saturated carbocycles. The molecule has 2 fully saturated rings. The van der Waals surface area contributed by atoms with Crippen LogP contribution in [0.2, 0.25) is 0 Å². The monoisotopic (exact) mass is 437 g/mol. The minimum atomic E-state index is -4.39. The molecule has 0 bridgehead atoms. The number of halogens is 3. The van der Waals surface area contributed by atoms with Crippen molar-refractivity contribution in [2.45, 2.75) is 71.7 Å². The van der Waals surface area contributed by atoms with Crippen molar-refractivity contribution in [1.29, 1.82) is 0 Å². The smallest absolute Gasteiger partial charge is 0.416 e. The topological polar surface area (TPSA) is 47.4 Å². The molecule has 5 nitrogen and oxygen atoms in total. The predicted octanol–water partition coefficient (Wildman–Crippen LogP) is 5.87. The molecule has 1 aliphatic carbocycles. The first-order valence-electron chi connectivity index (χ1n) is 10.8. The summed E-state index contributed by atoms with van der Waals surface area (Å²) in [4.78, 5) is 18.6. The van der Waals surface area contributed by atoms with Gasteiger partial charge >= 0.3 is 12.3 Å². The van der Waals surface area contributed by atoms with Gasteiger partial charge in [0, 0.05) is 13.1 Å². The lowest BCUT2D eigenvalue weighted by Crippen LogP contribution is -2.45. The van der Waals surface area contributed by atoms with Crippen LogP contribution in [0.25, 0.3) is 11.0 Å². The van der Waals surface area contributed by atoms with Crippen LogP contribution in [0.3, 0.4) is 0 Å². The maximum absolute atomic E-state index is 13.2. The number of carbonyl (C=O) groups is 1. The third kappa shape index (κ3) is 4.53. The van der Waals surface area contributed by atoms with Crippen LogP contribution in [0.15, 0.2) is 24.5 Å². The molecule has 0 N–H and O–H groups in total. The summed E-state index contributed by atoms with van der Waals surface area (Å²) in [6.07, 6.45) is 0.295. The Morgan fingerprint density at radius 3 is 2.61 bits per heavy atom. The largest absolute Gasteiger partial charge is 0.441 e. The Morgan fingerprint density at radius 1 is 1.19 bits per heavy atom. The highest BCUT2D eigenvalue weighted by molar-refractivity contribution is 5.76. The second-order valence-electron chi connectivity index (χ2n) is 10.9. The SMILES string of the molecule is CC(C)(C)CN1C[C@@]2(CCC[C@](C)(Cn3cnc4ccc(C(F)(F)F)cc43)C2)OC1=O. The van der Waals surface area contributed by atoms with Gasteiger partial charge in [-0.2, -0.15) is 13.2 Å². The lowest BCUT2D eigenvalue weighted by molar-refractivity contribution is -0.137. The number of rotatable bonds is 3. The van der Waals surface area contributed by atoms with Gasteiger partial charge in [-0.3, -0.25) is 0 Å². The molecule has 1 aliphatic heterocycles. The summed E-state index contributed by atoms with van der Waals surface area (Å²) in [6, 6.07) is 3.66. The van der Waals surface area contributed by atoms with Gasteiger partial charge < -0.3 is 14.2 Å². The third-order valence-electron chi connectivity index (χ3n) is 6.37. The van der Waals surface area contributed by atoms with Crippen molar-refractivity contribution < 1.29 is 22.7 Å². The number of nitrogens with zero attached hydrogens (tertiary/aromatic N) is 3. The van der Waals surface area contributed by atoms with Gasteiger partial charge in [-0.05, 0) is 54.7 Å². The normalized spacial score (nSPS) is 27.3. The fourth-order valence-electron chi connectivity index (χ4n) is 5.31. The summed E-state index contributed by atoms with van der Waals surface area (Å²) in [7, 11) is 0. The van der Waals surface area contributed by atoms with Gasteiger partial charge in [-0.25, -0.2) is 9.78 Å². The molecule has 2 atom stereocenters. The van der Waals surface area contributed by atoms with Gasteiger partial charge in [0.1, 0.15) is 5.60 Å². The average molecular weight is 438 g/mol. The molecular formula is C23H30F3N3O2. The van der Waals surface area contributed by atoms with Crippen molar-refractivity contribution in [2.75, 3.05) is 13.1 Å². The molecule has 1 saturated heterocycles. The Kier molecular flexibility index (Phi) is 5.06. The van der Waals surface area contributed by atoms with Gasteiger partial charge in [-0.15, -0.1) is 0 Å². The van der Waals surface area contributed by atoms with Crippen LogP contribution in [0.5, 0.6) is 0 Å². The van der Waals surface area contributed by atoms with Gasteiger partial charge in [0.15, 0.2) is 0 Å². The molecule has 1 spiro atoms. The van der Waals surface area contributed by atoms with Crippen LogP contribution in [0.1, 0.15) is 58.9 Å². The third-order valence-corrected chi connectivity index (χ3v) is 6.37. The summed E-state index contributed by atoms with van der Waals surface area (Å²) in [5, 5.41) is 0. The highest BCUT2D eigenvalue weighted by Crippen LogP contribution is 2.47. The van der Waals surface area contributed by atoms with E-state index in [0.29, 0.717) is 37.1 Å². The molecule has 0 radical (unpaired) electrons. The molecular weight excluding hydrogens is 407 g/mol. The Balaban J connectivity index is 1.56. The summed E-state index contributed by atoms with van der Waals surface area (Å²) in [5.41, 5.74) is -0.399. The summed E-state index contributed by atoms with van der Waals surface area (Å²) >= 11 is 0. The molecule has 4 rings (SSSR count). The molecule has 1 aromatic carbocycles. The van der Waals surface area contributed by atoms with Crippen LogP contribution in [-0.2, 0) is 17.5 Å². The molecule has 2 aliphatic rings. The first-order valence-corrected chi connectivity index (χ1v) is 10.8. The number of carbonyl (C=O) groups excluding carboxylic acids is 1. The van der Waals surface area contributed by atoms with Crippen molar-refractivity contribution in [3.8, 4) is 0 Å². The van der Waals surface area contributed by atoms with E-state index in [-0.39, 0.29) is 16.9 Å². The number of hydrogen-bond donors (Lipinski definition) is 0. The number of hydrogen-bond acceptors (Lipinski definition) is 3. The van der Waals surface area contributed by atoms with Gasteiger partial charge in [-0.1, -0.05) is 27.7 Å². The van der Waals surface area contributed by atoms with Crippen LogP contribution in [0, 0.1) is 10.8 Å². The van der Waals surface area contributed by atoms with Crippen LogP contribution in [-0.4, -0.2) is 39.2 Å². The first-order chi connectivity index (χ1) is 14.3. The molecule has 1 amide bonds. The van der Waals surface area contributed by atoms with E-state index in [2.05, 4.69) is 32.7 Å². The maximum atomic E-state index is 13.2. The van der Waals surface area contributed by atoms with E-state index in [9.17, 15) is 18.0 Å². The summed E-state index contributed by atoms with van der Waals surface area (Å²) in [6.45, 7) is 10.1. The maximum Gasteiger partial charge on any atom is 0.416 e. The Morgan fingerprint density at radius 2 is 1.94 bits per heavy atom. The summed E-state index contributed by atoms with van der Waals surface area (Å²) < 4.78 is 47.3. The standard InChI is InChI=1S/C23H30F3N3O2/c1-20(2,3)12-28-14-22(31-19(28)30)9-5-8-21(4,11-22)13-29-15-27-17-7-6-16(10-18(17)29)23(24,25)26/h6-7,10,15H,5,8-9,11-14H2,1-4H3/t21-,22-/m0/s1. The molecule has 0 unspecified atom stereocenters. The molecule has 1 aromatic heterocycles. The van der Waals surface area contributed by atoms with Gasteiger partial charge in [0.2, 0.25) is 0 Å². The van der Waals surface area contributed by atoms with E-state index in [1.165, 1.54) is 12.1 Å². The molecule has 31 heavy (non-hydrogen) atoms. The minimum Gasteiger partial charge on any atom is -0.441 e. The zero-order valence-corrected chi connectivity index (χ0v) is 18.6. The van der Waals surface area contributed by atoms with E-state index in [1.54, 1.807) is 11.2 Å². The quantitative estimate of drug-likeness (QED) is 0.603. The molecule has 2 aromatic rings. The zero-order chi connectivity index (χ0) is 22.7. The molecule has 2 heterocycles. The Hall–Kier alpha value is -2.25. The van der Waals surface area contributed by atoms with Crippen molar-refractivity contribution in [2.24, 2.45) is 10.8 Å².